The second kappa shape index (κ2) is 6.67. The number of hydrogen-bond donors (Lipinski definition) is 0. The van der Waals surface area contributed by atoms with Crippen LogP contribution in [0.2, 0.25) is 0 Å². The number of aryl methyl sites for hydroxylation is 1. The van der Waals surface area contributed by atoms with Crippen molar-refractivity contribution in [2.45, 2.75) is 25.8 Å². The van der Waals surface area contributed by atoms with Crippen molar-refractivity contribution in [2.75, 3.05) is 11.4 Å². The van der Waals surface area contributed by atoms with Gasteiger partial charge in [0.05, 0.1) is 23.6 Å². The van der Waals surface area contributed by atoms with Crippen LogP contribution in [0.3, 0.4) is 0 Å². The number of fused-ring (bicyclic) bond motifs is 1. The zero-order valence-electron chi connectivity index (χ0n) is 15.5. The molecule has 5 rings (SSSR count). The molecular formula is C21H19FN6. The number of imidazole rings is 1. The molecule has 6 nitrogen and oxygen atoms in total. The monoisotopic (exact) mass is 374 g/mol. The minimum Gasteiger partial charge on any atom is -0.348 e. The number of aromatic nitrogens is 5. The largest absolute Gasteiger partial charge is 0.348 e. The van der Waals surface area contributed by atoms with Crippen molar-refractivity contribution >= 4 is 11.6 Å². The molecule has 3 aromatic heterocycles. The lowest BCUT2D eigenvalue weighted by Crippen LogP contribution is -2.25. The minimum absolute atomic E-state index is 0.160. The van der Waals surface area contributed by atoms with E-state index in [-0.39, 0.29) is 11.9 Å². The Morgan fingerprint density at radius 2 is 1.82 bits per heavy atom. The highest BCUT2D eigenvalue weighted by atomic mass is 19.1. The number of anilines is 1. The SMILES string of the molecule is Cc1nccc(N2CCC[C@@H]2c2ccnc3ncc(-c4ccc(F)cc4)n23)n1. The van der Waals surface area contributed by atoms with Crippen LogP contribution in [0.5, 0.6) is 0 Å². The van der Waals surface area contributed by atoms with Crippen molar-refractivity contribution in [2.24, 2.45) is 0 Å². The van der Waals surface area contributed by atoms with Crippen molar-refractivity contribution in [1.29, 1.82) is 0 Å². The van der Waals surface area contributed by atoms with E-state index in [1.165, 1.54) is 12.1 Å². The Hall–Kier alpha value is -3.35. The predicted octanol–water partition coefficient (Wildman–Crippen LogP) is 3.98. The fourth-order valence-electron chi connectivity index (χ4n) is 3.98. The Morgan fingerprint density at radius 3 is 2.64 bits per heavy atom. The van der Waals surface area contributed by atoms with Gasteiger partial charge < -0.3 is 4.90 Å². The van der Waals surface area contributed by atoms with Crippen molar-refractivity contribution in [3.8, 4) is 11.3 Å². The van der Waals surface area contributed by atoms with E-state index in [9.17, 15) is 4.39 Å². The Bertz CT molecular complexity index is 1140. The minimum atomic E-state index is -0.253. The lowest BCUT2D eigenvalue weighted by atomic mass is 10.1. The second-order valence-corrected chi connectivity index (χ2v) is 6.97. The highest BCUT2D eigenvalue weighted by Crippen LogP contribution is 2.36. The quantitative estimate of drug-likeness (QED) is 0.543. The Kier molecular flexibility index (Phi) is 4.00. The topological polar surface area (TPSA) is 59.2 Å². The average Bonchev–Trinajstić information content (AvgIpc) is 3.36. The number of benzene rings is 1. The Morgan fingerprint density at radius 1 is 1.00 bits per heavy atom. The van der Waals surface area contributed by atoms with Gasteiger partial charge in [0.25, 0.3) is 0 Å². The molecule has 4 aromatic rings. The molecule has 1 fully saturated rings. The van der Waals surface area contributed by atoms with E-state index in [2.05, 4.69) is 29.2 Å². The van der Waals surface area contributed by atoms with Gasteiger partial charge in [-0.3, -0.25) is 4.40 Å². The molecule has 0 radical (unpaired) electrons. The van der Waals surface area contributed by atoms with Crippen LogP contribution in [0.4, 0.5) is 10.2 Å². The summed E-state index contributed by atoms with van der Waals surface area (Å²) in [4.78, 5) is 20.1. The molecule has 4 heterocycles. The van der Waals surface area contributed by atoms with Gasteiger partial charge in [0.15, 0.2) is 0 Å². The molecule has 7 heteroatoms. The molecule has 1 atom stereocenters. The smallest absolute Gasteiger partial charge is 0.234 e. The van der Waals surface area contributed by atoms with Gasteiger partial charge in [0, 0.05) is 24.5 Å². The van der Waals surface area contributed by atoms with Crippen LogP contribution in [0, 0.1) is 12.7 Å². The van der Waals surface area contributed by atoms with Crippen LogP contribution < -0.4 is 4.90 Å². The number of hydrogen-bond acceptors (Lipinski definition) is 5. The van der Waals surface area contributed by atoms with E-state index >= 15 is 0 Å². The molecule has 0 N–H and O–H groups in total. The first-order valence-electron chi connectivity index (χ1n) is 9.35. The molecule has 1 saturated heterocycles. The van der Waals surface area contributed by atoms with Crippen LogP contribution in [0.1, 0.15) is 30.4 Å². The lowest BCUT2D eigenvalue weighted by Gasteiger charge is -2.27. The van der Waals surface area contributed by atoms with Crippen molar-refractivity contribution in [3.63, 3.8) is 0 Å². The lowest BCUT2D eigenvalue weighted by molar-refractivity contribution is 0.628. The molecule has 1 aromatic carbocycles. The van der Waals surface area contributed by atoms with Crippen molar-refractivity contribution < 1.29 is 4.39 Å². The molecule has 0 unspecified atom stereocenters. The molecular weight excluding hydrogens is 355 g/mol. The normalized spacial score (nSPS) is 16.8. The van der Waals surface area contributed by atoms with Gasteiger partial charge in [0.2, 0.25) is 5.78 Å². The predicted molar refractivity (Wildman–Crippen MR) is 104 cm³/mol. The highest BCUT2D eigenvalue weighted by molar-refractivity contribution is 5.63. The van der Waals surface area contributed by atoms with E-state index in [0.29, 0.717) is 5.78 Å². The van der Waals surface area contributed by atoms with Gasteiger partial charge in [-0.25, -0.2) is 24.3 Å². The summed E-state index contributed by atoms with van der Waals surface area (Å²) in [5.74, 6) is 2.08. The molecule has 1 aliphatic heterocycles. The van der Waals surface area contributed by atoms with Gasteiger partial charge in [-0.15, -0.1) is 0 Å². The van der Waals surface area contributed by atoms with Crippen LogP contribution in [0.25, 0.3) is 17.0 Å². The van der Waals surface area contributed by atoms with E-state index < -0.39 is 0 Å². The van der Waals surface area contributed by atoms with Gasteiger partial charge in [0.1, 0.15) is 17.5 Å². The first-order chi connectivity index (χ1) is 13.7. The molecule has 1 aliphatic rings. The number of nitrogens with zero attached hydrogens (tertiary/aromatic N) is 6. The van der Waals surface area contributed by atoms with E-state index in [4.69, 9.17) is 0 Å². The van der Waals surface area contributed by atoms with E-state index in [1.807, 2.05) is 19.1 Å². The summed E-state index contributed by atoms with van der Waals surface area (Å²) in [6.45, 7) is 2.84. The maximum absolute atomic E-state index is 13.4. The maximum Gasteiger partial charge on any atom is 0.234 e. The summed E-state index contributed by atoms with van der Waals surface area (Å²) in [7, 11) is 0. The summed E-state index contributed by atoms with van der Waals surface area (Å²) < 4.78 is 15.5. The summed E-state index contributed by atoms with van der Waals surface area (Å²) in [6, 6.07) is 10.6. The molecule has 28 heavy (non-hydrogen) atoms. The third-order valence-electron chi connectivity index (χ3n) is 5.23. The van der Waals surface area contributed by atoms with Crippen molar-refractivity contribution in [3.05, 3.63) is 72.3 Å². The van der Waals surface area contributed by atoms with Gasteiger partial charge in [-0.2, -0.15) is 0 Å². The third-order valence-corrected chi connectivity index (χ3v) is 5.23. The van der Waals surface area contributed by atoms with E-state index in [1.54, 1.807) is 30.7 Å². The first-order valence-corrected chi connectivity index (χ1v) is 9.35. The standard InChI is InChI=1S/C21H19FN6/c1-14-23-11-9-20(26-14)27-12-2-3-17(27)18-8-10-24-21-25-13-19(28(18)21)15-4-6-16(22)7-5-15/h4-11,13,17H,2-3,12H2,1H3/t17-/m1/s1. The average molecular weight is 374 g/mol. The maximum atomic E-state index is 13.4. The number of rotatable bonds is 3. The fraction of sp³-hybridized carbons (Fsp3) is 0.238. The zero-order chi connectivity index (χ0) is 19.1. The molecule has 140 valence electrons. The summed E-state index contributed by atoms with van der Waals surface area (Å²) in [6.07, 6.45) is 7.50. The van der Waals surface area contributed by atoms with Crippen LogP contribution in [0.15, 0.2) is 55.0 Å². The molecule has 0 spiro atoms. The van der Waals surface area contributed by atoms with Crippen LogP contribution >= 0.6 is 0 Å². The second-order valence-electron chi connectivity index (χ2n) is 6.97. The summed E-state index contributed by atoms with van der Waals surface area (Å²) >= 11 is 0. The highest BCUT2D eigenvalue weighted by Gasteiger charge is 2.30. The molecule has 0 saturated carbocycles. The third kappa shape index (κ3) is 2.79. The van der Waals surface area contributed by atoms with Crippen LogP contribution in [-0.4, -0.2) is 30.9 Å². The zero-order valence-corrected chi connectivity index (χ0v) is 15.5. The van der Waals surface area contributed by atoms with Gasteiger partial charge >= 0.3 is 0 Å². The Labute approximate surface area is 161 Å². The van der Waals surface area contributed by atoms with Crippen LogP contribution in [-0.2, 0) is 0 Å². The van der Waals surface area contributed by atoms with E-state index in [0.717, 1.165) is 48.0 Å². The number of halogens is 1. The first kappa shape index (κ1) is 16.8. The fourth-order valence-corrected chi connectivity index (χ4v) is 3.98. The Balaban J connectivity index is 1.64. The molecule has 0 aliphatic carbocycles. The molecule has 0 amide bonds. The molecule has 0 bridgehead atoms. The van der Waals surface area contributed by atoms with Gasteiger partial charge in [-0.05, 0) is 56.2 Å². The summed E-state index contributed by atoms with van der Waals surface area (Å²) in [5, 5.41) is 0. The van der Waals surface area contributed by atoms with Crippen molar-refractivity contribution in [1.82, 2.24) is 24.3 Å². The summed E-state index contributed by atoms with van der Waals surface area (Å²) in [5.41, 5.74) is 2.92. The van der Waals surface area contributed by atoms with Gasteiger partial charge in [-0.1, -0.05) is 0 Å².